The van der Waals surface area contributed by atoms with Gasteiger partial charge in [0, 0.05) is 13.0 Å². The van der Waals surface area contributed by atoms with Gasteiger partial charge >= 0.3 is 0 Å². The number of rotatable bonds is 70. The highest BCUT2D eigenvalue weighted by molar-refractivity contribution is 6.28. The van der Waals surface area contributed by atoms with E-state index >= 15 is 0 Å². The van der Waals surface area contributed by atoms with E-state index in [0.717, 1.165) is 330 Å². The molecule has 17 nitrogen and oxygen atoms in total. The number of nitrogens with one attached hydrogen (secondary N) is 1. The van der Waals surface area contributed by atoms with Gasteiger partial charge in [0.2, 0.25) is 0 Å². The fraction of sp³-hybridized carbons (Fsp3) is 0.625. The summed E-state index contributed by atoms with van der Waals surface area (Å²) in [4.78, 5) is 14.2. The average Bonchev–Trinajstić information content (AvgIpc) is 0.757. The van der Waals surface area contributed by atoms with Gasteiger partial charge in [0.15, 0.2) is 75.6 Å². The monoisotopic (exact) mass is 1670 g/mol. The molecule has 0 radical (unpaired) electrons. The molecule has 9 aromatic rings. The first-order valence-electron chi connectivity index (χ1n) is 48.4. The summed E-state index contributed by atoms with van der Waals surface area (Å²) in [6.45, 7) is 29.0. The minimum absolute atomic E-state index is 0.155. The Bertz CT molecular complexity index is 4360. The Kier molecular flexibility index (Phi) is 44.9. The van der Waals surface area contributed by atoms with Gasteiger partial charge in [-0.3, -0.25) is 9.48 Å². The van der Waals surface area contributed by atoms with Crippen molar-refractivity contribution >= 4 is 70.5 Å². The molecule has 0 fully saturated rings. The maximum Gasteiger partial charge on any atom is 0.258 e. The van der Waals surface area contributed by atoms with E-state index in [1.54, 1.807) is 0 Å². The predicted octanol–water partition coefficient (Wildman–Crippen LogP) is 29.0. The van der Waals surface area contributed by atoms with Crippen LogP contribution in [0.5, 0.6) is 69.0 Å². The van der Waals surface area contributed by atoms with E-state index in [1.807, 2.05) is 10.9 Å². The maximum atomic E-state index is 14.2. The first kappa shape index (κ1) is 96.4. The van der Waals surface area contributed by atoms with Crippen LogP contribution in [-0.4, -0.2) is 100 Å². The lowest BCUT2D eigenvalue weighted by Crippen LogP contribution is -2.28. The molecule has 0 aliphatic carbocycles. The molecule has 17 heteroatoms. The van der Waals surface area contributed by atoms with Gasteiger partial charge in [0.25, 0.3) is 5.91 Å². The number of aryl methyl sites for hydroxylation is 1. The third-order valence-corrected chi connectivity index (χ3v) is 23.0. The third kappa shape index (κ3) is 31.1. The van der Waals surface area contributed by atoms with E-state index < -0.39 is 0 Å². The van der Waals surface area contributed by atoms with Crippen LogP contribution in [-0.2, 0) is 17.9 Å². The van der Waals surface area contributed by atoms with Crippen molar-refractivity contribution in [2.24, 2.45) is 0 Å². The van der Waals surface area contributed by atoms with Crippen molar-refractivity contribution in [3.8, 4) is 69.0 Å². The number of nitrogens with zero attached hydrogens (tertiary/aromatic N) is 3. The summed E-state index contributed by atoms with van der Waals surface area (Å²) in [6.07, 6.45) is 46.0. The van der Waals surface area contributed by atoms with E-state index in [-0.39, 0.29) is 19.1 Å². The van der Waals surface area contributed by atoms with Crippen molar-refractivity contribution in [1.29, 1.82) is 0 Å². The van der Waals surface area contributed by atoms with Crippen molar-refractivity contribution in [3.05, 3.63) is 84.7 Å². The van der Waals surface area contributed by atoms with Gasteiger partial charge in [-0.25, -0.2) is 0 Å². The van der Waals surface area contributed by atoms with Crippen molar-refractivity contribution in [2.75, 3.05) is 79.3 Å². The standard InChI is InChI=1S/C104H154N4O13/c1-11-21-31-41-53-110-92-64-80-81-65-93(111-54-42-32-22-12-2)95(113-56-44-34-24-14-4)67-83(81)88-73-101(100(118-61-49-39-29-19-9)71-85(88)82(80)66-94(92)112-55-43-33-23-13-3)120-63-51-52-108-77-79(106-107-108)76-105-104(109)78-121-103-75-91-89-72-99(117-60-48-38-28-18-8)97(115-58-46-36-26-16-6)69-86(89)84-68-96(114-57-45-35-25-15-5)98(116-59-47-37-27-17-7)70-87(84)90(91)74-102(103)119-62-50-40-30-20-10/h64-75,77H,11-63,76,78H2,1-10H3,(H,105,109). The minimum Gasteiger partial charge on any atom is -0.490 e. The lowest BCUT2D eigenvalue weighted by molar-refractivity contribution is -0.123. The first-order valence-corrected chi connectivity index (χ1v) is 48.4. The zero-order valence-corrected chi connectivity index (χ0v) is 76.5. The van der Waals surface area contributed by atoms with Crippen LogP contribution >= 0.6 is 0 Å². The van der Waals surface area contributed by atoms with Gasteiger partial charge in [-0.15, -0.1) is 5.10 Å². The lowest BCUT2D eigenvalue weighted by Gasteiger charge is -2.21. The fourth-order valence-corrected chi connectivity index (χ4v) is 15.8. The summed E-state index contributed by atoms with van der Waals surface area (Å²) in [5, 5.41) is 24.3. The summed E-state index contributed by atoms with van der Waals surface area (Å²) in [6, 6.07) is 26.1. The molecule has 0 spiro atoms. The van der Waals surface area contributed by atoms with E-state index in [9.17, 15) is 4.79 Å². The number of hydrogen-bond acceptors (Lipinski definition) is 15. The van der Waals surface area contributed by atoms with E-state index in [0.29, 0.717) is 120 Å². The molecule has 0 saturated heterocycles. The second-order valence-electron chi connectivity index (χ2n) is 33.4. The van der Waals surface area contributed by atoms with Crippen molar-refractivity contribution in [2.45, 2.75) is 346 Å². The molecule has 668 valence electrons. The maximum absolute atomic E-state index is 14.2. The zero-order valence-electron chi connectivity index (χ0n) is 76.5. The highest BCUT2D eigenvalue weighted by Gasteiger charge is 2.25. The Morgan fingerprint density at radius 2 is 0.413 bits per heavy atom. The summed E-state index contributed by atoms with van der Waals surface area (Å²) in [7, 11) is 0. The molecule has 1 amide bonds. The number of carbonyl (C=O) groups excluding carboxylic acids is 1. The third-order valence-electron chi connectivity index (χ3n) is 23.0. The Morgan fingerprint density at radius 3 is 0.595 bits per heavy atom. The molecule has 0 aliphatic heterocycles. The highest BCUT2D eigenvalue weighted by atomic mass is 16.5. The highest BCUT2D eigenvalue weighted by Crippen LogP contribution is 2.50. The molecule has 1 N–H and O–H groups in total. The molecule has 0 aliphatic rings. The Hall–Kier alpha value is -8.47. The number of ether oxygens (including phenoxy) is 12. The number of carbonyl (C=O) groups is 1. The minimum atomic E-state index is -0.307. The van der Waals surface area contributed by atoms with Crippen molar-refractivity contribution in [1.82, 2.24) is 20.3 Å². The van der Waals surface area contributed by atoms with E-state index in [2.05, 4.69) is 158 Å². The molecule has 8 aromatic carbocycles. The predicted molar refractivity (Wildman–Crippen MR) is 502 cm³/mol. The van der Waals surface area contributed by atoms with Crippen LogP contribution in [0.25, 0.3) is 64.6 Å². The lowest BCUT2D eigenvalue weighted by atomic mass is 9.93. The van der Waals surface area contributed by atoms with Crippen LogP contribution < -0.4 is 62.2 Å². The second-order valence-corrected chi connectivity index (χ2v) is 33.4. The van der Waals surface area contributed by atoms with Crippen LogP contribution in [0, 0.1) is 0 Å². The molecule has 0 bridgehead atoms. The zero-order chi connectivity index (χ0) is 85.3. The van der Waals surface area contributed by atoms with Gasteiger partial charge in [-0.05, 0) is 202 Å². The Morgan fingerprint density at radius 1 is 0.240 bits per heavy atom. The number of hydrogen-bond donors (Lipinski definition) is 1. The smallest absolute Gasteiger partial charge is 0.258 e. The second kappa shape index (κ2) is 56.3. The number of fused-ring (bicyclic) bond motifs is 12. The molecule has 1 heterocycles. The van der Waals surface area contributed by atoms with Crippen LogP contribution in [0.1, 0.15) is 338 Å². The van der Waals surface area contributed by atoms with Crippen LogP contribution in [0.4, 0.5) is 0 Å². The van der Waals surface area contributed by atoms with Crippen LogP contribution in [0.3, 0.4) is 0 Å². The molecule has 0 saturated carbocycles. The SMILES string of the molecule is CCCCCCOc1cc2c3cc(OCCCCCC)c(OCCCCCC)cc3c3cc(OCCCn4cc(CNC(=O)COc5cc6c7cc(OCCCCCC)c(OCCCCCC)cc7c7cc(OCCCCCC)c(OCCCCCC)cc7c6cc5OCCCCCC)nn4)c(OCCCCCC)cc3c2cc1OCCCCCC. The molecule has 121 heavy (non-hydrogen) atoms. The Balaban J connectivity index is 1.00. The van der Waals surface area contributed by atoms with Gasteiger partial charge in [-0.1, -0.05) is 267 Å². The molecule has 0 unspecified atom stereocenters. The number of amides is 1. The van der Waals surface area contributed by atoms with Gasteiger partial charge < -0.3 is 62.2 Å². The van der Waals surface area contributed by atoms with Crippen molar-refractivity contribution < 1.29 is 61.6 Å². The Labute approximate surface area is 727 Å². The van der Waals surface area contributed by atoms with Gasteiger partial charge in [-0.2, -0.15) is 0 Å². The normalized spacial score (nSPS) is 11.6. The van der Waals surface area contributed by atoms with E-state index in [4.69, 9.17) is 56.8 Å². The van der Waals surface area contributed by atoms with Crippen LogP contribution in [0.15, 0.2) is 79.0 Å². The van der Waals surface area contributed by atoms with Crippen molar-refractivity contribution in [3.63, 3.8) is 0 Å². The summed E-state index contributed by atoms with van der Waals surface area (Å²) >= 11 is 0. The molecule has 0 atom stereocenters. The summed E-state index contributed by atoms with van der Waals surface area (Å²) in [5.41, 5.74) is 0.619. The summed E-state index contributed by atoms with van der Waals surface area (Å²) in [5.74, 6) is 8.02. The quantitative estimate of drug-likeness (QED) is 0.0282. The fourth-order valence-electron chi connectivity index (χ4n) is 15.8. The average molecular weight is 1670 g/mol. The molecule has 9 rings (SSSR count). The van der Waals surface area contributed by atoms with E-state index in [1.165, 1.54) is 32.1 Å². The molecular weight excluding hydrogens is 1510 g/mol. The number of unbranched alkanes of at least 4 members (excludes halogenated alkanes) is 30. The van der Waals surface area contributed by atoms with Crippen LogP contribution in [0.2, 0.25) is 0 Å². The largest absolute Gasteiger partial charge is 0.490 e. The first-order chi connectivity index (χ1) is 59.6. The molecule has 1 aromatic heterocycles. The summed E-state index contributed by atoms with van der Waals surface area (Å²) < 4.78 is 83.2. The number of benzene rings is 8. The van der Waals surface area contributed by atoms with Gasteiger partial charge in [0.05, 0.1) is 85.4 Å². The number of aromatic nitrogens is 3. The molecular formula is C104H154N4O13. The topological polar surface area (TPSA) is 171 Å². The van der Waals surface area contributed by atoms with Gasteiger partial charge in [0.1, 0.15) is 5.69 Å².